The second kappa shape index (κ2) is 9.75. The van der Waals surface area contributed by atoms with Gasteiger partial charge >= 0.3 is 6.09 Å². The normalized spacial score (nSPS) is 11.7. The monoisotopic (exact) mass is 375 g/mol. The Bertz CT molecular complexity index is 701. The molecule has 0 bridgehead atoms. The maximum Gasteiger partial charge on any atom is 0.408 e. The van der Waals surface area contributed by atoms with Crippen molar-refractivity contribution in [3.63, 3.8) is 0 Å². The second-order valence-corrected chi connectivity index (χ2v) is 7.51. The predicted molar refractivity (Wildman–Crippen MR) is 107 cm³/mol. The summed E-state index contributed by atoms with van der Waals surface area (Å²) in [5.41, 5.74) is 1.55. The summed E-state index contributed by atoms with van der Waals surface area (Å²) >= 11 is 0. The average Bonchev–Trinajstić information content (AvgIpc) is 2.53. The number of benzene rings is 1. The molecule has 0 aliphatic rings. The first-order chi connectivity index (χ1) is 12.5. The van der Waals surface area contributed by atoms with E-state index in [0.29, 0.717) is 17.3 Å². The van der Waals surface area contributed by atoms with E-state index in [0.717, 1.165) is 5.57 Å². The van der Waals surface area contributed by atoms with E-state index in [1.807, 2.05) is 20.8 Å². The number of alkyl carbamates (subject to hydrolysis) is 1. The summed E-state index contributed by atoms with van der Waals surface area (Å²) in [6.45, 7) is 11.0. The van der Waals surface area contributed by atoms with Crippen LogP contribution in [0.25, 0.3) is 0 Å². The number of allylic oxidation sites excluding steroid dienone is 1. The van der Waals surface area contributed by atoms with Crippen LogP contribution < -0.4 is 16.0 Å². The molecule has 0 fully saturated rings. The molecule has 3 N–H and O–H groups in total. The molecule has 0 unspecified atom stereocenters. The molecule has 3 amide bonds. The fourth-order valence-corrected chi connectivity index (χ4v) is 1.86. The molecule has 0 aliphatic carbocycles. The molecule has 0 spiro atoms. The molecule has 148 valence electrons. The van der Waals surface area contributed by atoms with Gasteiger partial charge in [0.25, 0.3) is 0 Å². The molecule has 1 aromatic carbocycles. The topological polar surface area (TPSA) is 96.5 Å². The molecular formula is C20H29N3O4. The van der Waals surface area contributed by atoms with Gasteiger partial charge in [-0.15, -0.1) is 0 Å². The molecular weight excluding hydrogens is 346 g/mol. The van der Waals surface area contributed by atoms with Crippen molar-refractivity contribution in [1.82, 2.24) is 5.32 Å². The molecule has 0 heterocycles. The number of carbonyl (C=O) groups excluding carboxylic acids is 3. The van der Waals surface area contributed by atoms with Crippen molar-refractivity contribution in [2.45, 2.75) is 47.1 Å². The van der Waals surface area contributed by atoms with Gasteiger partial charge in [-0.05, 0) is 57.9 Å². The SMILES string of the molecule is C/C(=C\C(=O)Nc1ccc(NC(=O)CNC(=O)OC(C)(C)C)cc1)C(C)C. The number of amides is 3. The molecule has 0 atom stereocenters. The van der Waals surface area contributed by atoms with Gasteiger partial charge in [-0.2, -0.15) is 0 Å². The maximum atomic E-state index is 11.9. The van der Waals surface area contributed by atoms with Gasteiger partial charge in [0.1, 0.15) is 12.1 Å². The molecule has 0 aromatic heterocycles. The van der Waals surface area contributed by atoms with E-state index in [4.69, 9.17) is 4.74 Å². The quantitative estimate of drug-likeness (QED) is 0.661. The minimum Gasteiger partial charge on any atom is -0.444 e. The fraction of sp³-hybridized carbons (Fsp3) is 0.450. The Labute approximate surface area is 160 Å². The zero-order chi connectivity index (χ0) is 20.6. The van der Waals surface area contributed by atoms with Crippen LogP contribution in [-0.2, 0) is 14.3 Å². The third-order valence-corrected chi connectivity index (χ3v) is 3.50. The largest absolute Gasteiger partial charge is 0.444 e. The highest BCUT2D eigenvalue weighted by atomic mass is 16.6. The van der Waals surface area contributed by atoms with Crippen LogP contribution in [0.2, 0.25) is 0 Å². The third-order valence-electron chi connectivity index (χ3n) is 3.50. The zero-order valence-corrected chi connectivity index (χ0v) is 16.8. The summed E-state index contributed by atoms with van der Waals surface area (Å²) < 4.78 is 5.06. The number of rotatable bonds is 6. The fourth-order valence-electron chi connectivity index (χ4n) is 1.86. The van der Waals surface area contributed by atoms with Crippen molar-refractivity contribution in [2.75, 3.05) is 17.2 Å². The highest BCUT2D eigenvalue weighted by Crippen LogP contribution is 2.14. The summed E-state index contributed by atoms with van der Waals surface area (Å²) in [7, 11) is 0. The molecule has 0 saturated heterocycles. The van der Waals surface area contributed by atoms with E-state index >= 15 is 0 Å². The maximum absolute atomic E-state index is 11.9. The second-order valence-electron chi connectivity index (χ2n) is 7.51. The van der Waals surface area contributed by atoms with Crippen molar-refractivity contribution in [3.05, 3.63) is 35.9 Å². The summed E-state index contributed by atoms with van der Waals surface area (Å²) in [4.78, 5) is 35.3. The summed E-state index contributed by atoms with van der Waals surface area (Å²) in [6.07, 6.45) is 0.920. The van der Waals surface area contributed by atoms with Crippen LogP contribution in [0.5, 0.6) is 0 Å². The standard InChI is InChI=1S/C20H29N3O4/c1-13(2)14(3)11-17(24)22-15-7-9-16(10-8-15)23-18(25)12-21-19(26)27-20(4,5)6/h7-11,13H,12H2,1-6H3,(H,21,26)(H,22,24)(H,23,25)/b14-11+. The van der Waals surface area contributed by atoms with Crippen LogP contribution in [0, 0.1) is 5.92 Å². The number of carbonyl (C=O) groups is 3. The van der Waals surface area contributed by atoms with Gasteiger partial charge in [0.05, 0.1) is 0 Å². The Morgan fingerprint density at radius 3 is 2.04 bits per heavy atom. The Morgan fingerprint density at radius 2 is 1.56 bits per heavy atom. The molecule has 27 heavy (non-hydrogen) atoms. The van der Waals surface area contributed by atoms with E-state index in [1.54, 1.807) is 51.1 Å². The van der Waals surface area contributed by atoms with Crippen LogP contribution in [-0.4, -0.2) is 30.1 Å². The number of ether oxygens (including phenoxy) is 1. The highest BCUT2D eigenvalue weighted by molar-refractivity contribution is 6.00. The van der Waals surface area contributed by atoms with E-state index in [2.05, 4.69) is 16.0 Å². The average molecular weight is 375 g/mol. The van der Waals surface area contributed by atoms with E-state index in [-0.39, 0.29) is 18.4 Å². The van der Waals surface area contributed by atoms with Gasteiger partial charge < -0.3 is 20.7 Å². The van der Waals surface area contributed by atoms with E-state index < -0.39 is 11.7 Å². The first kappa shape index (κ1) is 22.2. The Hall–Kier alpha value is -2.83. The number of hydrogen-bond donors (Lipinski definition) is 3. The molecule has 7 heteroatoms. The van der Waals surface area contributed by atoms with E-state index in [9.17, 15) is 14.4 Å². The minimum absolute atomic E-state index is 0.195. The van der Waals surface area contributed by atoms with Crippen LogP contribution in [0.3, 0.4) is 0 Å². The number of nitrogens with one attached hydrogen (secondary N) is 3. The zero-order valence-electron chi connectivity index (χ0n) is 16.8. The first-order valence-corrected chi connectivity index (χ1v) is 8.82. The van der Waals surface area contributed by atoms with Gasteiger partial charge in [0.2, 0.25) is 11.8 Å². The van der Waals surface area contributed by atoms with Crippen LogP contribution in [0.4, 0.5) is 16.2 Å². The molecule has 0 saturated carbocycles. The smallest absolute Gasteiger partial charge is 0.408 e. The first-order valence-electron chi connectivity index (χ1n) is 8.82. The molecule has 1 aromatic rings. The lowest BCUT2D eigenvalue weighted by Gasteiger charge is -2.19. The Kier molecular flexibility index (Phi) is 8.02. The van der Waals surface area contributed by atoms with Gasteiger partial charge in [0.15, 0.2) is 0 Å². The number of hydrogen-bond acceptors (Lipinski definition) is 4. The summed E-state index contributed by atoms with van der Waals surface area (Å²) in [5.74, 6) is -0.268. The lowest BCUT2D eigenvalue weighted by atomic mass is 10.1. The summed E-state index contributed by atoms with van der Waals surface area (Å²) in [6, 6.07) is 6.71. The molecule has 0 radical (unpaired) electrons. The summed E-state index contributed by atoms with van der Waals surface area (Å²) in [5, 5.41) is 7.81. The van der Waals surface area contributed by atoms with Crippen molar-refractivity contribution < 1.29 is 19.1 Å². The van der Waals surface area contributed by atoms with Gasteiger partial charge in [0, 0.05) is 17.5 Å². The van der Waals surface area contributed by atoms with Crippen molar-refractivity contribution >= 4 is 29.3 Å². The Morgan fingerprint density at radius 1 is 1.04 bits per heavy atom. The lowest BCUT2D eigenvalue weighted by Crippen LogP contribution is -2.37. The molecule has 1 rings (SSSR count). The lowest BCUT2D eigenvalue weighted by molar-refractivity contribution is -0.115. The van der Waals surface area contributed by atoms with Crippen molar-refractivity contribution in [1.29, 1.82) is 0 Å². The van der Waals surface area contributed by atoms with E-state index in [1.165, 1.54) is 0 Å². The minimum atomic E-state index is -0.652. The van der Waals surface area contributed by atoms with Crippen molar-refractivity contribution in [2.24, 2.45) is 5.92 Å². The van der Waals surface area contributed by atoms with Crippen LogP contribution >= 0.6 is 0 Å². The van der Waals surface area contributed by atoms with Crippen LogP contribution in [0.1, 0.15) is 41.5 Å². The van der Waals surface area contributed by atoms with Gasteiger partial charge in [-0.25, -0.2) is 4.79 Å². The predicted octanol–water partition coefficient (Wildman–Crippen LogP) is 3.69. The Balaban J connectivity index is 2.50. The van der Waals surface area contributed by atoms with Gasteiger partial charge in [-0.1, -0.05) is 19.4 Å². The molecule has 7 nitrogen and oxygen atoms in total. The molecule has 0 aliphatic heterocycles. The van der Waals surface area contributed by atoms with Crippen LogP contribution in [0.15, 0.2) is 35.9 Å². The highest BCUT2D eigenvalue weighted by Gasteiger charge is 2.16. The third kappa shape index (κ3) is 9.44. The van der Waals surface area contributed by atoms with Gasteiger partial charge in [-0.3, -0.25) is 9.59 Å². The van der Waals surface area contributed by atoms with Crippen molar-refractivity contribution in [3.8, 4) is 0 Å². The number of anilines is 2.